The van der Waals surface area contributed by atoms with Crippen molar-refractivity contribution in [3.05, 3.63) is 65.7 Å². The van der Waals surface area contributed by atoms with E-state index >= 15 is 0 Å². The van der Waals surface area contributed by atoms with Crippen molar-refractivity contribution in [2.24, 2.45) is 0 Å². The molecule has 0 N–H and O–H groups in total. The number of ether oxygens (including phenoxy) is 1. The van der Waals surface area contributed by atoms with Crippen LogP contribution in [0.15, 0.2) is 48.8 Å². The van der Waals surface area contributed by atoms with Crippen molar-refractivity contribution in [2.75, 3.05) is 7.11 Å². The van der Waals surface area contributed by atoms with Crippen molar-refractivity contribution < 1.29 is 9.53 Å². The first-order valence-corrected chi connectivity index (χ1v) is 6.35. The van der Waals surface area contributed by atoms with Gasteiger partial charge in [0.1, 0.15) is 11.6 Å². The van der Waals surface area contributed by atoms with Crippen molar-refractivity contribution in [1.82, 2.24) is 9.38 Å². The van der Waals surface area contributed by atoms with E-state index in [0.717, 1.165) is 28.9 Å². The van der Waals surface area contributed by atoms with Gasteiger partial charge in [0.2, 0.25) is 0 Å². The van der Waals surface area contributed by atoms with E-state index in [1.165, 1.54) is 0 Å². The number of pyridine rings is 1. The molecule has 0 atom stereocenters. The van der Waals surface area contributed by atoms with Crippen LogP contribution >= 0.6 is 0 Å². The number of hydrogen-bond donors (Lipinski definition) is 0. The van der Waals surface area contributed by atoms with Crippen molar-refractivity contribution >= 4 is 11.8 Å². The number of nitrogens with zero attached hydrogens (tertiary/aromatic N) is 2. The van der Waals surface area contributed by atoms with Gasteiger partial charge in [-0.05, 0) is 18.2 Å². The minimum absolute atomic E-state index is 0.645. The zero-order chi connectivity index (χ0) is 13.9. The molecule has 4 nitrogen and oxygen atoms in total. The van der Waals surface area contributed by atoms with Gasteiger partial charge >= 0.3 is 0 Å². The fraction of sp³-hybridized carbons (Fsp3) is 0.125. The third-order valence-corrected chi connectivity index (χ3v) is 3.35. The van der Waals surface area contributed by atoms with E-state index in [0.29, 0.717) is 12.0 Å². The maximum absolute atomic E-state index is 11.0. The largest absolute Gasteiger partial charge is 0.496 e. The zero-order valence-electron chi connectivity index (χ0n) is 11.1. The lowest BCUT2D eigenvalue weighted by atomic mass is 10.1. The molecule has 0 saturated heterocycles. The van der Waals surface area contributed by atoms with Crippen LogP contribution in [0.2, 0.25) is 0 Å². The van der Waals surface area contributed by atoms with Crippen LogP contribution in [0, 0.1) is 0 Å². The van der Waals surface area contributed by atoms with Crippen LogP contribution in [0.5, 0.6) is 5.75 Å². The number of fused-ring (bicyclic) bond motifs is 1. The molecule has 4 heteroatoms. The topological polar surface area (TPSA) is 43.6 Å². The standard InChI is InChI=1S/C16H14N2O2/c1-20-15-7-3-2-5-12(15)9-16-17-10-14-13(11-19)6-4-8-18(14)16/h2-8,10-11H,9H2,1H3. The number of rotatable bonds is 4. The summed E-state index contributed by atoms with van der Waals surface area (Å²) in [6, 6.07) is 11.5. The summed E-state index contributed by atoms with van der Waals surface area (Å²) >= 11 is 0. The van der Waals surface area contributed by atoms with Gasteiger partial charge in [0.25, 0.3) is 0 Å². The molecule has 0 amide bonds. The Balaban J connectivity index is 2.05. The highest BCUT2D eigenvalue weighted by Crippen LogP contribution is 2.21. The third-order valence-electron chi connectivity index (χ3n) is 3.35. The van der Waals surface area contributed by atoms with Crippen molar-refractivity contribution in [2.45, 2.75) is 6.42 Å². The molecule has 2 aromatic heterocycles. The monoisotopic (exact) mass is 266 g/mol. The fourth-order valence-electron chi connectivity index (χ4n) is 2.35. The van der Waals surface area contributed by atoms with Crippen LogP contribution in [0.4, 0.5) is 0 Å². The summed E-state index contributed by atoms with van der Waals surface area (Å²) < 4.78 is 7.30. The van der Waals surface area contributed by atoms with E-state index in [2.05, 4.69) is 4.98 Å². The van der Waals surface area contributed by atoms with Gasteiger partial charge in [-0.2, -0.15) is 0 Å². The first kappa shape index (κ1) is 12.4. The minimum atomic E-state index is 0.645. The summed E-state index contributed by atoms with van der Waals surface area (Å²) in [6.45, 7) is 0. The summed E-state index contributed by atoms with van der Waals surface area (Å²) in [5.41, 5.74) is 2.54. The summed E-state index contributed by atoms with van der Waals surface area (Å²) in [4.78, 5) is 15.5. The Morgan fingerprint density at radius 1 is 1.25 bits per heavy atom. The van der Waals surface area contributed by atoms with Gasteiger partial charge in [0.15, 0.2) is 6.29 Å². The van der Waals surface area contributed by atoms with Crippen LogP contribution in [0.3, 0.4) is 0 Å². The molecule has 0 bridgehead atoms. The highest BCUT2D eigenvalue weighted by atomic mass is 16.5. The van der Waals surface area contributed by atoms with Crippen molar-refractivity contribution in [3.8, 4) is 5.75 Å². The molecule has 2 heterocycles. The van der Waals surface area contributed by atoms with E-state index in [4.69, 9.17) is 4.74 Å². The molecule has 0 radical (unpaired) electrons. The van der Waals surface area contributed by atoms with E-state index in [1.54, 1.807) is 19.4 Å². The number of benzene rings is 1. The van der Waals surface area contributed by atoms with E-state index in [9.17, 15) is 4.79 Å². The second kappa shape index (κ2) is 5.17. The van der Waals surface area contributed by atoms with Crippen LogP contribution in [-0.4, -0.2) is 22.8 Å². The summed E-state index contributed by atoms with van der Waals surface area (Å²) in [7, 11) is 1.66. The summed E-state index contributed by atoms with van der Waals surface area (Å²) in [5.74, 6) is 1.73. The number of carbonyl (C=O) groups is 1. The third kappa shape index (κ3) is 2.05. The van der Waals surface area contributed by atoms with Crippen LogP contribution in [0.1, 0.15) is 21.7 Å². The van der Waals surface area contributed by atoms with E-state index in [1.807, 2.05) is 40.9 Å². The van der Waals surface area contributed by atoms with Gasteiger partial charge in [0, 0.05) is 23.7 Å². The van der Waals surface area contributed by atoms with Crippen molar-refractivity contribution in [3.63, 3.8) is 0 Å². The zero-order valence-corrected chi connectivity index (χ0v) is 11.1. The first-order chi connectivity index (χ1) is 9.83. The van der Waals surface area contributed by atoms with Gasteiger partial charge in [-0.25, -0.2) is 4.98 Å². The molecule has 0 aliphatic heterocycles. The molecule has 0 spiro atoms. The predicted octanol–water partition coefficient (Wildman–Crippen LogP) is 2.75. The number of imidazole rings is 1. The average molecular weight is 266 g/mol. The molecule has 3 aromatic rings. The highest BCUT2D eigenvalue weighted by molar-refractivity contribution is 5.85. The van der Waals surface area contributed by atoms with E-state index in [-0.39, 0.29) is 0 Å². The number of hydrogen-bond acceptors (Lipinski definition) is 3. The summed E-state index contributed by atoms with van der Waals surface area (Å²) in [6.07, 6.45) is 5.15. The molecule has 0 aliphatic rings. The lowest BCUT2D eigenvalue weighted by molar-refractivity contribution is 0.112. The maximum Gasteiger partial charge on any atom is 0.152 e. The number of methoxy groups -OCH3 is 1. The Kier molecular flexibility index (Phi) is 3.21. The molecule has 1 aromatic carbocycles. The Hall–Kier alpha value is -2.62. The molecule has 100 valence electrons. The molecule has 20 heavy (non-hydrogen) atoms. The molecule has 0 fully saturated rings. The number of para-hydroxylation sites is 1. The van der Waals surface area contributed by atoms with Crippen LogP contribution < -0.4 is 4.74 Å². The van der Waals surface area contributed by atoms with Gasteiger partial charge in [0.05, 0.1) is 18.8 Å². The van der Waals surface area contributed by atoms with Crippen molar-refractivity contribution in [1.29, 1.82) is 0 Å². The van der Waals surface area contributed by atoms with Gasteiger partial charge in [-0.1, -0.05) is 18.2 Å². The Morgan fingerprint density at radius 3 is 2.90 bits per heavy atom. The van der Waals surface area contributed by atoms with Crippen LogP contribution in [-0.2, 0) is 6.42 Å². The average Bonchev–Trinajstić information content (AvgIpc) is 2.91. The molecule has 3 rings (SSSR count). The first-order valence-electron chi connectivity index (χ1n) is 6.35. The normalized spacial score (nSPS) is 10.7. The quantitative estimate of drug-likeness (QED) is 0.682. The molecular formula is C16H14N2O2. The van der Waals surface area contributed by atoms with Crippen LogP contribution in [0.25, 0.3) is 5.52 Å². The lowest BCUT2D eigenvalue weighted by Gasteiger charge is -2.07. The highest BCUT2D eigenvalue weighted by Gasteiger charge is 2.10. The van der Waals surface area contributed by atoms with Gasteiger partial charge in [-0.3, -0.25) is 4.79 Å². The summed E-state index contributed by atoms with van der Waals surface area (Å²) in [5, 5.41) is 0. The maximum atomic E-state index is 11.0. The van der Waals surface area contributed by atoms with Gasteiger partial charge < -0.3 is 9.14 Å². The minimum Gasteiger partial charge on any atom is -0.496 e. The number of aldehydes is 1. The molecule has 0 saturated carbocycles. The second-order valence-electron chi connectivity index (χ2n) is 4.50. The number of aromatic nitrogens is 2. The predicted molar refractivity (Wildman–Crippen MR) is 76.4 cm³/mol. The molecular weight excluding hydrogens is 252 g/mol. The molecule has 0 aliphatic carbocycles. The smallest absolute Gasteiger partial charge is 0.152 e. The number of carbonyl (C=O) groups excluding carboxylic acids is 1. The fourth-order valence-corrected chi connectivity index (χ4v) is 2.35. The Labute approximate surface area is 116 Å². The Bertz CT molecular complexity index is 762. The SMILES string of the molecule is COc1ccccc1Cc1ncc2c(C=O)cccn12. The Morgan fingerprint density at radius 2 is 2.10 bits per heavy atom. The molecule has 0 unspecified atom stereocenters. The lowest BCUT2D eigenvalue weighted by Crippen LogP contribution is -1.99. The van der Waals surface area contributed by atoms with E-state index < -0.39 is 0 Å². The van der Waals surface area contributed by atoms with Gasteiger partial charge in [-0.15, -0.1) is 0 Å². The second-order valence-corrected chi connectivity index (χ2v) is 4.50.